The van der Waals surface area contributed by atoms with Crippen molar-refractivity contribution in [2.24, 2.45) is 11.3 Å². The molecule has 4 nitrogen and oxygen atoms in total. The van der Waals surface area contributed by atoms with Gasteiger partial charge in [-0.2, -0.15) is 0 Å². The highest BCUT2D eigenvalue weighted by Crippen LogP contribution is 2.21. The molecule has 16 heavy (non-hydrogen) atoms. The van der Waals surface area contributed by atoms with E-state index in [-0.39, 0.29) is 11.5 Å². The first-order valence-corrected chi connectivity index (χ1v) is 7.22. The predicted octanol–water partition coefficient (Wildman–Crippen LogP) is 1.65. The monoisotopic (exact) mass is 250 g/mol. The summed E-state index contributed by atoms with van der Waals surface area (Å²) in [5.74, 6) is -0.165. The van der Waals surface area contributed by atoms with Crippen LogP contribution in [0, 0.1) is 11.3 Å². The summed E-state index contributed by atoms with van der Waals surface area (Å²) in [5, 5.41) is 0. The molecule has 0 amide bonds. The van der Waals surface area contributed by atoms with E-state index in [1.54, 1.807) is 13.8 Å². The van der Waals surface area contributed by atoms with Crippen LogP contribution >= 0.6 is 0 Å². The molecule has 0 bridgehead atoms. The molecule has 0 saturated carbocycles. The number of sulfone groups is 1. The van der Waals surface area contributed by atoms with Gasteiger partial charge in [0.05, 0.1) is 24.0 Å². The molecule has 0 aliphatic carbocycles. The zero-order valence-electron chi connectivity index (χ0n) is 10.7. The van der Waals surface area contributed by atoms with E-state index in [1.165, 1.54) is 7.11 Å². The van der Waals surface area contributed by atoms with Crippen molar-refractivity contribution in [2.45, 2.75) is 34.1 Å². The van der Waals surface area contributed by atoms with Crippen LogP contribution in [0.3, 0.4) is 0 Å². The van der Waals surface area contributed by atoms with Crippen molar-refractivity contribution in [3.63, 3.8) is 0 Å². The molecule has 0 aliphatic rings. The third-order valence-corrected chi connectivity index (χ3v) is 4.34. The van der Waals surface area contributed by atoms with E-state index in [0.29, 0.717) is 12.3 Å². The van der Waals surface area contributed by atoms with Crippen molar-refractivity contribution in [2.75, 3.05) is 18.6 Å². The zero-order valence-corrected chi connectivity index (χ0v) is 11.6. The second kappa shape index (κ2) is 5.66. The first kappa shape index (κ1) is 15.4. The number of carbonyl (C=O) groups excluding carboxylic acids is 1. The van der Waals surface area contributed by atoms with E-state index >= 15 is 0 Å². The van der Waals surface area contributed by atoms with Gasteiger partial charge < -0.3 is 4.74 Å². The van der Waals surface area contributed by atoms with Gasteiger partial charge in [0.25, 0.3) is 0 Å². The molecule has 0 saturated heterocycles. The first-order chi connectivity index (χ1) is 7.10. The van der Waals surface area contributed by atoms with Crippen molar-refractivity contribution in [3.05, 3.63) is 0 Å². The molecule has 0 aromatic heterocycles. The van der Waals surface area contributed by atoms with Crippen molar-refractivity contribution in [1.82, 2.24) is 0 Å². The van der Waals surface area contributed by atoms with Gasteiger partial charge in [-0.05, 0) is 26.2 Å². The third-order valence-electron chi connectivity index (χ3n) is 2.32. The Hall–Kier alpha value is -0.580. The lowest BCUT2D eigenvalue weighted by atomic mass is 9.97. The van der Waals surface area contributed by atoms with Gasteiger partial charge in [0.2, 0.25) is 0 Å². The van der Waals surface area contributed by atoms with E-state index in [9.17, 15) is 13.2 Å². The van der Waals surface area contributed by atoms with Crippen LogP contribution in [-0.2, 0) is 19.4 Å². The Kier molecular flexibility index (Phi) is 5.46. The maximum Gasteiger partial charge on any atom is 0.312 e. The average molecular weight is 250 g/mol. The first-order valence-electron chi connectivity index (χ1n) is 5.39. The van der Waals surface area contributed by atoms with Crippen LogP contribution in [0.1, 0.15) is 34.1 Å². The number of ether oxygens (including phenoxy) is 1. The highest BCUT2D eigenvalue weighted by Gasteiger charge is 2.34. The largest absolute Gasteiger partial charge is 0.469 e. The Morgan fingerprint density at radius 2 is 1.81 bits per heavy atom. The van der Waals surface area contributed by atoms with E-state index in [0.717, 1.165) is 0 Å². The molecule has 0 spiro atoms. The number of esters is 1. The Balaban J connectivity index is 4.52. The van der Waals surface area contributed by atoms with Gasteiger partial charge in [0, 0.05) is 0 Å². The fraction of sp³-hybridized carbons (Fsp3) is 0.909. The highest BCUT2D eigenvalue weighted by molar-refractivity contribution is 7.91. The van der Waals surface area contributed by atoms with Crippen LogP contribution in [-0.4, -0.2) is 33.0 Å². The van der Waals surface area contributed by atoms with E-state index in [2.05, 4.69) is 4.74 Å². The zero-order chi connectivity index (χ0) is 13.0. The average Bonchev–Trinajstić information content (AvgIpc) is 2.12. The lowest BCUT2D eigenvalue weighted by Crippen LogP contribution is -2.34. The standard InChI is InChI=1S/C11H22O4S/c1-9(2)6-7-16(13,14)8-11(3,4)10(12)15-5/h9H,6-8H2,1-5H3. The smallest absolute Gasteiger partial charge is 0.312 e. The normalized spacial score (nSPS) is 12.9. The summed E-state index contributed by atoms with van der Waals surface area (Å²) in [6, 6.07) is 0. The van der Waals surface area contributed by atoms with Crippen molar-refractivity contribution in [3.8, 4) is 0 Å². The summed E-state index contributed by atoms with van der Waals surface area (Å²) >= 11 is 0. The van der Waals surface area contributed by atoms with Crippen LogP contribution < -0.4 is 0 Å². The van der Waals surface area contributed by atoms with Crippen LogP contribution in [0.5, 0.6) is 0 Å². The molecule has 0 aliphatic heterocycles. The fourth-order valence-corrected chi connectivity index (χ4v) is 3.56. The predicted molar refractivity (Wildman–Crippen MR) is 63.9 cm³/mol. The SMILES string of the molecule is COC(=O)C(C)(C)CS(=O)(=O)CCC(C)C. The van der Waals surface area contributed by atoms with Gasteiger partial charge in [-0.15, -0.1) is 0 Å². The fourth-order valence-electron chi connectivity index (χ4n) is 1.37. The van der Waals surface area contributed by atoms with Gasteiger partial charge >= 0.3 is 5.97 Å². The quantitative estimate of drug-likeness (QED) is 0.672. The van der Waals surface area contributed by atoms with Gasteiger partial charge in [0.15, 0.2) is 9.84 Å². The molecule has 0 rings (SSSR count). The number of rotatable bonds is 6. The van der Waals surface area contributed by atoms with Crippen LogP contribution in [0.25, 0.3) is 0 Å². The number of hydrogen-bond donors (Lipinski definition) is 0. The maximum absolute atomic E-state index is 11.8. The van der Waals surface area contributed by atoms with Gasteiger partial charge in [-0.25, -0.2) is 8.42 Å². The summed E-state index contributed by atoms with van der Waals surface area (Å²) in [4.78, 5) is 11.4. The van der Waals surface area contributed by atoms with E-state index in [4.69, 9.17) is 0 Å². The molecular weight excluding hydrogens is 228 g/mol. The minimum atomic E-state index is -3.19. The minimum absolute atomic E-state index is 0.130. The Bertz CT molecular complexity index is 328. The molecule has 0 aromatic rings. The van der Waals surface area contributed by atoms with E-state index < -0.39 is 21.2 Å². The van der Waals surface area contributed by atoms with Crippen molar-refractivity contribution >= 4 is 15.8 Å². The number of carbonyl (C=O) groups is 1. The van der Waals surface area contributed by atoms with Crippen LogP contribution in [0.15, 0.2) is 0 Å². The van der Waals surface area contributed by atoms with Crippen molar-refractivity contribution in [1.29, 1.82) is 0 Å². The molecule has 0 atom stereocenters. The van der Waals surface area contributed by atoms with Gasteiger partial charge in [0.1, 0.15) is 0 Å². The van der Waals surface area contributed by atoms with E-state index in [1.807, 2.05) is 13.8 Å². The lowest BCUT2D eigenvalue weighted by molar-refractivity contribution is -0.149. The topological polar surface area (TPSA) is 60.4 Å². The molecule has 5 heteroatoms. The van der Waals surface area contributed by atoms with Crippen LogP contribution in [0.2, 0.25) is 0 Å². The summed E-state index contributed by atoms with van der Waals surface area (Å²) in [7, 11) is -1.92. The molecule has 0 unspecified atom stereocenters. The maximum atomic E-state index is 11.8. The molecule has 0 fully saturated rings. The molecule has 0 aromatic carbocycles. The Morgan fingerprint density at radius 3 is 2.19 bits per heavy atom. The minimum Gasteiger partial charge on any atom is -0.469 e. The molecule has 96 valence electrons. The highest BCUT2D eigenvalue weighted by atomic mass is 32.2. The third kappa shape index (κ3) is 5.49. The summed E-state index contributed by atoms with van der Waals surface area (Å²) < 4.78 is 28.1. The molecule has 0 N–H and O–H groups in total. The molecule has 0 heterocycles. The molecular formula is C11H22O4S. The number of hydrogen-bond acceptors (Lipinski definition) is 4. The second-order valence-electron chi connectivity index (χ2n) is 5.15. The number of methoxy groups -OCH3 is 1. The Labute approximate surface area is 98.3 Å². The van der Waals surface area contributed by atoms with Crippen molar-refractivity contribution < 1.29 is 17.9 Å². The molecule has 0 radical (unpaired) electrons. The summed E-state index contributed by atoms with van der Waals surface area (Å²) in [6.45, 7) is 7.12. The Morgan fingerprint density at radius 1 is 1.31 bits per heavy atom. The summed E-state index contributed by atoms with van der Waals surface area (Å²) in [5.41, 5.74) is -0.968. The second-order valence-corrected chi connectivity index (χ2v) is 7.33. The lowest BCUT2D eigenvalue weighted by Gasteiger charge is -2.21. The van der Waals surface area contributed by atoms with Gasteiger partial charge in [-0.3, -0.25) is 4.79 Å². The summed E-state index contributed by atoms with van der Waals surface area (Å²) in [6.07, 6.45) is 0.625. The van der Waals surface area contributed by atoms with Gasteiger partial charge in [-0.1, -0.05) is 13.8 Å². The van der Waals surface area contributed by atoms with Crippen LogP contribution in [0.4, 0.5) is 0 Å².